The van der Waals surface area contributed by atoms with E-state index in [9.17, 15) is 9.90 Å². The van der Waals surface area contributed by atoms with Gasteiger partial charge in [0.25, 0.3) is 0 Å². The van der Waals surface area contributed by atoms with Gasteiger partial charge in [-0.2, -0.15) is 5.10 Å². The van der Waals surface area contributed by atoms with Crippen molar-refractivity contribution in [3.63, 3.8) is 0 Å². The van der Waals surface area contributed by atoms with Crippen molar-refractivity contribution >= 4 is 11.8 Å². The molecule has 132 valence electrons. The van der Waals surface area contributed by atoms with E-state index in [1.165, 1.54) is 0 Å². The number of hydrogen-bond donors (Lipinski definition) is 3. The number of hydrogen-bond acceptors (Lipinski definition) is 5. The van der Waals surface area contributed by atoms with Gasteiger partial charge in [0.1, 0.15) is 0 Å². The van der Waals surface area contributed by atoms with Crippen molar-refractivity contribution in [2.75, 3.05) is 19.5 Å². The lowest BCUT2D eigenvalue weighted by Crippen LogP contribution is -2.23. The lowest BCUT2D eigenvalue weighted by Gasteiger charge is -2.28. The van der Waals surface area contributed by atoms with Gasteiger partial charge in [-0.25, -0.2) is 4.79 Å². The van der Waals surface area contributed by atoms with Crippen molar-refractivity contribution < 1.29 is 19.4 Å². The Kier molecular flexibility index (Phi) is 4.65. The summed E-state index contributed by atoms with van der Waals surface area (Å²) in [5.74, 6) is 0.268. The largest absolute Gasteiger partial charge is 0.493 e. The zero-order valence-electron chi connectivity index (χ0n) is 14.4. The number of nitrogens with one attached hydrogen (secondary N) is 2. The van der Waals surface area contributed by atoms with Crippen molar-refractivity contribution in [2.24, 2.45) is 0 Å². The summed E-state index contributed by atoms with van der Waals surface area (Å²) in [6.07, 6.45) is 3.16. The topological polar surface area (TPSA) is 96.5 Å². The van der Waals surface area contributed by atoms with Gasteiger partial charge in [-0.15, -0.1) is 0 Å². The zero-order chi connectivity index (χ0) is 18.0. The maximum atomic E-state index is 12.1. The van der Waals surface area contributed by atoms with E-state index in [1.807, 2.05) is 19.1 Å². The van der Waals surface area contributed by atoms with Crippen LogP contribution in [0.15, 0.2) is 35.7 Å². The van der Waals surface area contributed by atoms with Crippen molar-refractivity contribution in [3.8, 4) is 11.5 Å². The van der Waals surface area contributed by atoms with Crippen LogP contribution in [0.1, 0.15) is 36.8 Å². The number of anilines is 1. The second-order valence-corrected chi connectivity index (χ2v) is 5.78. The molecule has 3 rings (SSSR count). The fourth-order valence-corrected chi connectivity index (χ4v) is 3.32. The lowest BCUT2D eigenvalue weighted by molar-refractivity contribution is -0.133. The SMILES string of the molecule is CCCC1=C(C(=O)O)C(c2cccc(OC)c2OC)c2c[nH]nc2N1. The summed E-state index contributed by atoms with van der Waals surface area (Å²) in [7, 11) is 3.11. The van der Waals surface area contributed by atoms with E-state index in [-0.39, 0.29) is 0 Å². The molecule has 0 fully saturated rings. The number of benzene rings is 1. The molecule has 3 N–H and O–H groups in total. The minimum atomic E-state index is -0.960. The molecule has 2 heterocycles. The van der Waals surface area contributed by atoms with Crippen molar-refractivity contribution in [1.82, 2.24) is 10.2 Å². The number of aromatic nitrogens is 2. The molecular formula is C18H21N3O4. The molecule has 1 unspecified atom stereocenters. The highest BCUT2D eigenvalue weighted by molar-refractivity contribution is 5.93. The number of ether oxygens (including phenoxy) is 2. The monoisotopic (exact) mass is 343 g/mol. The van der Waals surface area contributed by atoms with Crippen LogP contribution in [0.25, 0.3) is 0 Å². The summed E-state index contributed by atoms with van der Waals surface area (Å²) in [6, 6.07) is 5.48. The summed E-state index contributed by atoms with van der Waals surface area (Å²) in [5.41, 5.74) is 2.48. The first kappa shape index (κ1) is 16.9. The Morgan fingerprint density at radius 1 is 1.28 bits per heavy atom. The third kappa shape index (κ3) is 2.82. The van der Waals surface area contributed by atoms with E-state index >= 15 is 0 Å². The van der Waals surface area contributed by atoms with E-state index in [0.29, 0.717) is 35.0 Å². The molecule has 7 heteroatoms. The molecule has 2 aromatic rings. The standard InChI is InChI=1S/C18H21N3O4/c1-4-6-12-15(18(22)23)14(11-9-19-21-17(11)20-12)10-7-5-8-13(24-2)16(10)25-3/h5,7-9,14H,4,6H2,1-3H3,(H,22,23)(H2,19,20,21). The quantitative estimate of drug-likeness (QED) is 0.746. The third-order valence-corrected chi connectivity index (χ3v) is 4.34. The first-order valence-electron chi connectivity index (χ1n) is 8.10. The summed E-state index contributed by atoms with van der Waals surface area (Å²) >= 11 is 0. The van der Waals surface area contributed by atoms with Crippen LogP contribution in [-0.4, -0.2) is 35.5 Å². The van der Waals surface area contributed by atoms with Crippen LogP contribution in [0.3, 0.4) is 0 Å². The molecular weight excluding hydrogens is 322 g/mol. The Morgan fingerprint density at radius 2 is 2.08 bits per heavy atom. The van der Waals surface area contributed by atoms with Crippen molar-refractivity contribution in [1.29, 1.82) is 0 Å². The molecule has 1 aliphatic heterocycles. The van der Waals surface area contributed by atoms with Gasteiger partial charge in [-0.1, -0.05) is 25.5 Å². The average molecular weight is 343 g/mol. The molecule has 0 bridgehead atoms. The third-order valence-electron chi connectivity index (χ3n) is 4.34. The van der Waals surface area contributed by atoms with Gasteiger partial charge >= 0.3 is 5.97 Å². The fourth-order valence-electron chi connectivity index (χ4n) is 3.32. The summed E-state index contributed by atoms with van der Waals surface area (Å²) < 4.78 is 10.9. The number of carboxylic acid groups (broad SMARTS) is 1. The van der Waals surface area contributed by atoms with E-state index in [1.54, 1.807) is 26.5 Å². The van der Waals surface area contributed by atoms with Gasteiger partial charge in [0.15, 0.2) is 17.3 Å². The molecule has 0 aliphatic carbocycles. The minimum Gasteiger partial charge on any atom is -0.493 e. The Bertz CT molecular complexity index is 825. The van der Waals surface area contributed by atoms with E-state index in [0.717, 1.165) is 17.5 Å². The highest BCUT2D eigenvalue weighted by atomic mass is 16.5. The molecule has 0 saturated heterocycles. The number of allylic oxidation sites excluding steroid dienone is 1. The van der Waals surface area contributed by atoms with E-state index in [4.69, 9.17) is 9.47 Å². The molecule has 0 saturated carbocycles. The number of rotatable bonds is 6. The summed E-state index contributed by atoms with van der Waals surface area (Å²) in [5, 5.41) is 20.1. The molecule has 25 heavy (non-hydrogen) atoms. The highest BCUT2D eigenvalue weighted by Gasteiger charge is 2.36. The van der Waals surface area contributed by atoms with Gasteiger partial charge in [-0.05, 0) is 12.5 Å². The molecule has 1 aliphatic rings. The lowest BCUT2D eigenvalue weighted by atomic mass is 9.81. The van der Waals surface area contributed by atoms with Gasteiger partial charge in [0, 0.05) is 23.0 Å². The maximum Gasteiger partial charge on any atom is 0.334 e. The van der Waals surface area contributed by atoms with Crippen LogP contribution in [0, 0.1) is 0 Å². The Hall–Kier alpha value is -2.96. The number of aromatic amines is 1. The Morgan fingerprint density at radius 3 is 2.72 bits per heavy atom. The van der Waals surface area contributed by atoms with Crippen LogP contribution in [0.5, 0.6) is 11.5 Å². The van der Waals surface area contributed by atoms with Gasteiger partial charge < -0.3 is 19.9 Å². The molecule has 0 radical (unpaired) electrons. The number of para-hydroxylation sites is 1. The average Bonchev–Trinajstić information content (AvgIpc) is 3.07. The minimum absolute atomic E-state index is 0.308. The van der Waals surface area contributed by atoms with Crippen LogP contribution in [0.4, 0.5) is 5.82 Å². The number of aliphatic carboxylic acids is 1. The Labute approximate surface area is 145 Å². The van der Waals surface area contributed by atoms with Crippen molar-refractivity contribution in [2.45, 2.75) is 25.7 Å². The van der Waals surface area contributed by atoms with E-state index in [2.05, 4.69) is 15.5 Å². The van der Waals surface area contributed by atoms with Crippen LogP contribution >= 0.6 is 0 Å². The fraction of sp³-hybridized carbons (Fsp3) is 0.333. The molecule has 1 aromatic heterocycles. The predicted molar refractivity (Wildman–Crippen MR) is 93.2 cm³/mol. The number of H-pyrrole nitrogens is 1. The second-order valence-electron chi connectivity index (χ2n) is 5.78. The number of nitrogens with zero attached hydrogens (tertiary/aromatic N) is 1. The van der Waals surface area contributed by atoms with Crippen molar-refractivity contribution in [3.05, 3.63) is 46.8 Å². The van der Waals surface area contributed by atoms with Gasteiger partial charge in [-0.3, -0.25) is 5.10 Å². The maximum absolute atomic E-state index is 12.1. The normalized spacial score (nSPS) is 16.2. The number of methoxy groups -OCH3 is 2. The highest BCUT2D eigenvalue weighted by Crippen LogP contribution is 2.47. The van der Waals surface area contributed by atoms with Crippen LogP contribution in [0.2, 0.25) is 0 Å². The number of carbonyl (C=O) groups is 1. The van der Waals surface area contributed by atoms with Gasteiger partial charge in [0.2, 0.25) is 0 Å². The molecule has 0 spiro atoms. The molecule has 1 aromatic carbocycles. The smallest absolute Gasteiger partial charge is 0.334 e. The first-order chi connectivity index (χ1) is 12.1. The van der Waals surface area contributed by atoms with Gasteiger partial charge in [0.05, 0.1) is 25.7 Å². The van der Waals surface area contributed by atoms with Crippen LogP contribution < -0.4 is 14.8 Å². The predicted octanol–water partition coefficient (Wildman–Crippen LogP) is 3.12. The molecule has 7 nitrogen and oxygen atoms in total. The summed E-state index contributed by atoms with van der Waals surface area (Å²) in [4.78, 5) is 12.1. The second kappa shape index (κ2) is 6.88. The van der Waals surface area contributed by atoms with E-state index < -0.39 is 11.9 Å². The Balaban J connectivity index is 2.27. The summed E-state index contributed by atoms with van der Waals surface area (Å²) in [6.45, 7) is 2.01. The zero-order valence-corrected chi connectivity index (χ0v) is 14.4. The molecule has 1 atom stereocenters. The number of carboxylic acids is 1. The first-order valence-corrected chi connectivity index (χ1v) is 8.10. The van der Waals surface area contributed by atoms with Crippen LogP contribution in [-0.2, 0) is 4.79 Å². The number of fused-ring (bicyclic) bond motifs is 1. The molecule has 0 amide bonds.